The molecule has 16 heavy (non-hydrogen) atoms. The lowest BCUT2D eigenvalue weighted by molar-refractivity contribution is 0.576. The molecule has 2 rings (SSSR count). The minimum atomic E-state index is 0.703. The van der Waals surface area contributed by atoms with E-state index in [0.717, 1.165) is 24.5 Å². The number of anilines is 1. The zero-order valence-electron chi connectivity index (χ0n) is 9.26. The van der Waals surface area contributed by atoms with Crippen molar-refractivity contribution in [1.29, 1.82) is 0 Å². The Balaban J connectivity index is 1.91. The minimum absolute atomic E-state index is 0.703. The molecule has 0 bridgehead atoms. The van der Waals surface area contributed by atoms with Gasteiger partial charge >= 0.3 is 0 Å². The van der Waals surface area contributed by atoms with Gasteiger partial charge in [0.15, 0.2) is 0 Å². The van der Waals surface area contributed by atoms with Crippen molar-refractivity contribution in [2.24, 2.45) is 0 Å². The minimum Gasteiger partial charge on any atom is -0.365 e. The molecular formula is C10H15N5S. The highest BCUT2D eigenvalue weighted by Crippen LogP contribution is 2.09. The predicted molar refractivity (Wildman–Crippen MR) is 64.4 cm³/mol. The Morgan fingerprint density at radius 2 is 2.44 bits per heavy atom. The summed E-state index contributed by atoms with van der Waals surface area (Å²) in [4.78, 5) is 0. The second kappa shape index (κ2) is 5.60. The van der Waals surface area contributed by atoms with Gasteiger partial charge in [0.25, 0.3) is 0 Å². The van der Waals surface area contributed by atoms with E-state index < -0.39 is 0 Å². The van der Waals surface area contributed by atoms with E-state index in [-0.39, 0.29) is 0 Å². The van der Waals surface area contributed by atoms with E-state index in [9.17, 15) is 0 Å². The normalized spacial score (nSPS) is 10.6. The van der Waals surface area contributed by atoms with Crippen molar-refractivity contribution >= 4 is 17.4 Å². The molecule has 0 fully saturated rings. The Labute approximate surface area is 98.7 Å². The molecule has 6 heteroatoms. The number of rotatable bonds is 6. The maximum Gasteiger partial charge on any atom is 0.124 e. The van der Waals surface area contributed by atoms with E-state index in [1.165, 1.54) is 18.0 Å². The van der Waals surface area contributed by atoms with Crippen molar-refractivity contribution in [3.05, 3.63) is 23.3 Å². The summed E-state index contributed by atoms with van der Waals surface area (Å²) >= 11 is 1.37. The standard InChI is InChI=1S/C10H15N5S/c1-2-3-6-15-10(4-5-12-15)11-7-9-8-16-14-13-9/h4-5,8,11H,2-3,6-7H2,1H3. The van der Waals surface area contributed by atoms with Gasteiger partial charge in [-0.3, -0.25) is 0 Å². The van der Waals surface area contributed by atoms with Gasteiger partial charge in [-0.05, 0) is 18.0 Å². The number of unbranched alkanes of at least 4 members (excludes halogenated alkanes) is 1. The first kappa shape index (κ1) is 11.1. The highest BCUT2D eigenvalue weighted by molar-refractivity contribution is 7.03. The second-order valence-corrected chi connectivity index (χ2v) is 4.15. The summed E-state index contributed by atoms with van der Waals surface area (Å²) in [7, 11) is 0. The van der Waals surface area contributed by atoms with Crippen LogP contribution in [0.4, 0.5) is 5.82 Å². The number of nitrogens with one attached hydrogen (secondary N) is 1. The third-order valence-electron chi connectivity index (χ3n) is 2.30. The molecule has 2 aromatic rings. The Kier molecular flexibility index (Phi) is 3.87. The molecule has 0 spiro atoms. The molecule has 1 N–H and O–H groups in total. The van der Waals surface area contributed by atoms with E-state index >= 15 is 0 Å². The Hall–Kier alpha value is -1.43. The van der Waals surface area contributed by atoms with Gasteiger partial charge in [-0.2, -0.15) is 5.10 Å². The number of aryl methyl sites for hydroxylation is 1. The fraction of sp³-hybridized carbons (Fsp3) is 0.500. The summed E-state index contributed by atoms with van der Waals surface area (Å²) in [6.07, 6.45) is 4.14. The van der Waals surface area contributed by atoms with Crippen molar-refractivity contribution in [2.75, 3.05) is 5.32 Å². The molecule has 0 unspecified atom stereocenters. The third-order valence-corrected chi connectivity index (χ3v) is 2.85. The van der Waals surface area contributed by atoms with Gasteiger partial charge in [0.05, 0.1) is 18.4 Å². The molecule has 0 saturated carbocycles. The Morgan fingerprint density at radius 1 is 1.50 bits per heavy atom. The van der Waals surface area contributed by atoms with Crippen LogP contribution in [0, 0.1) is 0 Å². The van der Waals surface area contributed by atoms with Gasteiger partial charge in [0, 0.05) is 18.0 Å². The number of hydrogen-bond acceptors (Lipinski definition) is 5. The van der Waals surface area contributed by atoms with Gasteiger partial charge in [-0.1, -0.05) is 17.8 Å². The van der Waals surface area contributed by atoms with Crippen LogP contribution in [-0.4, -0.2) is 19.4 Å². The summed E-state index contributed by atoms with van der Waals surface area (Å²) in [5.41, 5.74) is 0.966. The van der Waals surface area contributed by atoms with Crippen LogP contribution in [0.15, 0.2) is 17.6 Å². The van der Waals surface area contributed by atoms with Gasteiger partial charge in [0.1, 0.15) is 5.82 Å². The lowest BCUT2D eigenvalue weighted by Crippen LogP contribution is -2.08. The summed E-state index contributed by atoms with van der Waals surface area (Å²) < 4.78 is 5.81. The van der Waals surface area contributed by atoms with Crippen LogP contribution in [0.5, 0.6) is 0 Å². The molecule has 0 aromatic carbocycles. The van der Waals surface area contributed by atoms with Crippen LogP contribution in [0.3, 0.4) is 0 Å². The average Bonchev–Trinajstić information content (AvgIpc) is 2.94. The van der Waals surface area contributed by atoms with Gasteiger partial charge in [-0.15, -0.1) is 5.10 Å². The molecule has 2 heterocycles. The molecule has 0 amide bonds. The van der Waals surface area contributed by atoms with Gasteiger partial charge in [0.2, 0.25) is 0 Å². The molecule has 5 nitrogen and oxygen atoms in total. The van der Waals surface area contributed by atoms with Crippen molar-refractivity contribution in [3.8, 4) is 0 Å². The maximum atomic E-state index is 4.27. The maximum absolute atomic E-state index is 4.27. The van der Waals surface area contributed by atoms with Crippen LogP contribution in [0.2, 0.25) is 0 Å². The van der Waals surface area contributed by atoms with E-state index in [1.54, 1.807) is 0 Å². The molecule has 86 valence electrons. The number of aromatic nitrogens is 4. The van der Waals surface area contributed by atoms with E-state index in [1.807, 2.05) is 22.3 Å². The average molecular weight is 237 g/mol. The fourth-order valence-corrected chi connectivity index (χ4v) is 1.86. The van der Waals surface area contributed by atoms with Crippen molar-refractivity contribution in [2.45, 2.75) is 32.9 Å². The van der Waals surface area contributed by atoms with Crippen molar-refractivity contribution < 1.29 is 0 Å². The molecule has 0 radical (unpaired) electrons. The highest BCUT2D eigenvalue weighted by Gasteiger charge is 2.02. The predicted octanol–water partition coefficient (Wildman–Crippen LogP) is 2.15. The zero-order chi connectivity index (χ0) is 11.2. The van der Waals surface area contributed by atoms with Crippen LogP contribution in [0.25, 0.3) is 0 Å². The number of nitrogens with zero attached hydrogens (tertiary/aromatic N) is 4. The number of hydrogen-bond donors (Lipinski definition) is 1. The molecule has 0 aliphatic carbocycles. The molecule has 0 aliphatic heterocycles. The Bertz CT molecular complexity index is 409. The third kappa shape index (κ3) is 2.79. The van der Waals surface area contributed by atoms with Gasteiger partial charge in [-0.25, -0.2) is 4.68 Å². The molecule has 0 aliphatic rings. The summed E-state index contributed by atoms with van der Waals surface area (Å²) in [5.74, 6) is 1.04. The highest BCUT2D eigenvalue weighted by atomic mass is 32.1. The van der Waals surface area contributed by atoms with Crippen LogP contribution >= 0.6 is 11.5 Å². The Morgan fingerprint density at radius 3 is 3.19 bits per heavy atom. The van der Waals surface area contributed by atoms with Crippen LogP contribution < -0.4 is 5.32 Å². The van der Waals surface area contributed by atoms with Crippen LogP contribution in [0.1, 0.15) is 25.5 Å². The van der Waals surface area contributed by atoms with Gasteiger partial charge < -0.3 is 5.32 Å². The summed E-state index contributed by atoms with van der Waals surface area (Å²) in [6.45, 7) is 3.84. The fourth-order valence-electron chi connectivity index (χ4n) is 1.41. The topological polar surface area (TPSA) is 55.6 Å². The summed E-state index contributed by atoms with van der Waals surface area (Å²) in [5, 5.41) is 13.5. The lowest BCUT2D eigenvalue weighted by atomic mass is 10.3. The molecule has 2 aromatic heterocycles. The first-order chi connectivity index (χ1) is 7.90. The SMILES string of the molecule is CCCCn1nccc1NCc1csnn1. The first-order valence-corrected chi connectivity index (χ1v) is 6.25. The lowest BCUT2D eigenvalue weighted by Gasteiger charge is -2.07. The van der Waals surface area contributed by atoms with E-state index in [0.29, 0.717) is 6.54 Å². The summed E-state index contributed by atoms with van der Waals surface area (Å²) in [6, 6.07) is 1.98. The van der Waals surface area contributed by atoms with Crippen LogP contribution in [-0.2, 0) is 13.1 Å². The molecule has 0 atom stereocenters. The zero-order valence-corrected chi connectivity index (χ0v) is 10.1. The first-order valence-electron chi connectivity index (χ1n) is 5.41. The molecular weight excluding hydrogens is 222 g/mol. The monoisotopic (exact) mass is 237 g/mol. The second-order valence-electron chi connectivity index (χ2n) is 3.54. The largest absolute Gasteiger partial charge is 0.365 e. The van der Waals surface area contributed by atoms with E-state index in [4.69, 9.17) is 0 Å². The van der Waals surface area contributed by atoms with Crippen molar-refractivity contribution in [1.82, 2.24) is 19.4 Å². The van der Waals surface area contributed by atoms with Crippen molar-refractivity contribution in [3.63, 3.8) is 0 Å². The quantitative estimate of drug-likeness (QED) is 0.836. The molecule has 0 saturated heterocycles. The van der Waals surface area contributed by atoms with E-state index in [2.05, 4.69) is 26.9 Å². The smallest absolute Gasteiger partial charge is 0.124 e.